The van der Waals surface area contributed by atoms with Crippen LogP contribution < -0.4 is 5.32 Å². The van der Waals surface area contributed by atoms with Crippen LogP contribution in [0.2, 0.25) is 0 Å². The number of piperidine rings is 1. The highest BCUT2D eigenvalue weighted by atomic mass is 79.9. The maximum atomic E-state index is 12.9. The third-order valence-corrected chi connectivity index (χ3v) is 7.22. The monoisotopic (exact) mass is 479 g/mol. The Bertz CT molecular complexity index is 1000. The van der Waals surface area contributed by atoms with Gasteiger partial charge in [0.1, 0.15) is 5.82 Å². The van der Waals surface area contributed by atoms with Crippen molar-refractivity contribution in [2.24, 2.45) is 5.92 Å². The molecule has 154 valence electrons. The van der Waals surface area contributed by atoms with Gasteiger partial charge in [-0.05, 0) is 53.0 Å². The number of anilines is 1. The first-order valence-corrected chi connectivity index (χ1v) is 11.8. The Morgan fingerprint density at radius 3 is 2.48 bits per heavy atom. The van der Waals surface area contributed by atoms with Gasteiger partial charge >= 0.3 is 0 Å². The second-order valence-electron chi connectivity index (χ2n) is 6.82. The van der Waals surface area contributed by atoms with Gasteiger partial charge in [-0.2, -0.15) is 0 Å². The van der Waals surface area contributed by atoms with Crippen molar-refractivity contribution in [3.63, 3.8) is 0 Å². The van der Waals surface area contributed by atoms with Gasteiger partial charge in [0.05, 0.1) is 16.2 Å². The molecule has 1 aliphatic rings. The lowest BCUT2D eigenvalue weighted by Crippen LogP contribution is -2.41. The van der Waals surface area contributed by atoms with Crippen molar-refractivity contribution in [3.8, 4) is 0 Å². The summed E-state index contributed by atoms with van der Waals surface area (Å²) in [6, 6.07) is 9.80. The average molecular weight is 480 g/mol. The number of benzene rings is 1. The van der Waals surface area contributed by atoms with E-state index in [9.17, 15) is 18.0 Å². The summed E-state index contributed by atoms with van der Waals surface area (Å²) in [6.45, 7) is 2.34. The van der Waals surface area contributed by atoms with Gasteiger partial charge in [-0.3, -0.25) is 9.59 Å². The number of nitrogens with one attached hydrogen (secondary N) is 1. The zero-order valence-electron chi connectivity index (χ0n) is 16.0. The van der Waals surface area contributed by atoms with Crippen molar-refractivity contribution in [3.05, 3.63) is 52.6 Å². The van der Waals surface area contributed by atoms with Crippen molar-refractivity contribution in [1.82, 2.24) is 9.88 Å². The summed E-state index contributed by atoms with van der Waals surface area (Å²) in [5.41, 5.74) is 0.191. The van der Waals surface area contributed by atoms with Gasteiger partial charge in [-0.1, -0.05) is 19.1 Å². The summed E-state index contributed by atoms with van der Waals surface area (Å²) < 4.78 is 25.5. The molecule has 1 aromatic heterocycles. The van der Waals surface area contributed by atoms with Gasteiger partial charge in [0, 0.05) is 29.7 Å². The van der Waals surface area contributed by atoms with E-state index in [-0.39, 0.29) is 33.9 Å². The summed E-state index contributed by atoms with van der Waals surface area (Å²) in [5, 5.41) is 2.80. The number of halogens is 1. The van der Waals surface area contributed by atoms with Crippen LogP contribution in [-0.4, -0.2) is 49.0 Å². The van der Waals surface area contributed by atoms with Crippen LogP contribution in [0, 0.1) is 5.92 Å². The fraction of sp³-hybridized carbons (Fsp3) is 0.350. The van der Waals surface area contributed by atoms with E-state index in [0.29, 0.717) is 31.7 Å². The predicted molar refractivity (Wildman–Crippen MR) is 113 cm³/mol. The minimum atomic E-state index is -3.50. The number of rotatable bonds is 5. The van der Waals surface area contributed by atoms with Gasteiger partial charge in [0.2, 0.25) is 5.91 Å². The number of aromatic nitrogens is 1. The quantitative estimate of drug-likeness (QED) is 0.710. The number of nitrogens with zero attached hydrogens (tertiary/aromatic N) is 2. The number of sulfone groups is 1. The predicted octanol–water partition coefficient (Wildman–Crippen LogP) is 3.13. The van der Waals surface area contributed by atoms with Gasteiger partial charge in [-0.15, -0.1) is 0 Å². The number of amides is 2. The lowest BCUT2D eigenvalue weighted by atomic mass is 9.95. The maximum Gasteiger partial charge on any atom is 0.255 e. The molecule has 7 nitrogen and oxygen atoms in total. The number of hydrogen-bond donors (Lipinski definition) is 1. The van der Waals surface area contributed by atoms with Crippen LogP contribution in [0.15, 0.2) is 52.0 Å². The van der Waals surface area contributed by atoms with Gasteiger partial charge in [0.25, 0.3) is 5.91 Å². The van der Waals surface area contributed by atoms with Crippen LogP contribution in [-0.2, 0) is 14.6 Å². The summed E-state index contributed by atoms with van der Waals surface area (Å²) in [6.07, 6.45) is 2.63. The van der Waals surface area contributed by atoms with Crippen LogP contribution in [0.25, 0.3) is 0 Å². The number of carbonyl (C=O) groups is 2. The fourth-order valence-electron chi connectivity index (χ4n) is 3.26. The topological polar surface area (TPSA) is 96.4 Å². The molecule has 1 saturated heterocycles. The molecule has 3 rings (SSSR count). The Morgan fingerprint density at radius 2 is 1.86 bits per heavy atom. The highest BCUT2D eigenvalue weighted by molar-refractivity contribution is 9.10. The van der Waals surface area contributed by atoms with E-state index in [1.54, 1.807) is 48.4 Å². The molecule has 1 aromatic carbocycles. The fourth-order valence-corrected chi connectivity index (χ4v) is 4.59. The van der Waals surface area contributed by atoms with E-state index in [1.165, 1.54) is 6.07 Å². The molecule has 0 atom stereocenters. The van der Waals surface area contributed by atoms with E-state index in [2.05, 4.69) is 26.2 Å². The third kappa shape index (κ3) is 5.02. The van der Waals surface area contributed by atoms with E-state index >= 15 is 0 Å². The molecule has 0 bridgehead atoms. The molecule has 1 N–H and O–H groups in total. The van der Waals surface area contributed by atoms with Gasteiger partial charge in [-0.25, -0.2) is 13.4 Å². The van der Waals surface area contributed by atoms with Crippen LogP contribution in [0.5, 0.6) is 0 Å². The highest BCUT2D eigenvalue weighted by Gasteiger charge is 2.30. The largest absolute Gasteiger partial charge is 0.339 e. The normalized spacial score (nSPS) is 15.2. The van der Waals surface area contributed by atoms with Crippen molar-refractivity contribution in [2.45, 2.75) is 24.7 Å². The molecule has 0 radical (unpaired) electrons. The third-order valence-electron chi connectivity index (χ3n) is 4.96. The molecule has 0 aliphatic carbocycles. The number of hydrogen-bond acceptors (Lipinski definition) is 5. The molecule has 2 heterocycles. The molecule has 0 spiro atoms. The smallest absolute Gasteiger partial charge is 0.255 e. The Labute approximate surface area is 178 Å². The minimum Gasteiger partial charge on any atom is -0.339 e. The van der Waals surface area contributed by atoms with Crippen molar-refractivity contribution in [2.75, 3.05) is 24.2 Å². The van der Waals surface area contributed by atoms with Crippen LogP contribution in [0.4, 0.5) is 5.82 Å². The number of likely N-dealkylation sites (tertiary alicyclic amines) is 1. The molecule has 0 unspecified atom stereocenters. The molecule has 2 aromatic rings. The lowest BCUT2D eigenvalue weighted by Gasteiger charge is -2.31. The molecular formula is C20H22BrN3O4S. The molecule has 1 aliphatic heterocycles. The van der Waals surface area contributed by atoms with E-state index in [0.717, 1.165) is 4.47 Å². The first-order chi connectivity index (χ1) is 13.8. The zero-order valence-corrected chi connectivity index (χ0v) is 18.4. The summed E-state index contributed by atoms with van der Waals surface area (Å²) >= 11 is 3.30. The van der Waals surface area contributed by atoms with Crippen molar-refractivity contribution >= 4 is 43.4 Å². The molecule has 0 saturated carbocycles. The minimum absolute atomic E-state index is 0.0636. The Balaban J connectivity index is 1.64. The SMILES string of the molecule is CCS(=O)(=O)c1ccccc1C(=O)N1CCC(C(=O)Nc2ccc(Br)cn2)CC1. The van der Waals surface area contributed by atoms with Crippen molar-refractivity contribution in [1.29, 1.82) is 0 Å². The van der Waals surface area contributed by atoms with Gasteiger partial charge < -0.3 is 10.2 Å². The number of pyridine rings is 1. The Hall–Kier alpha value is -2.26. The lowest BCUT2D eigenvalue weighted by molar-refractivity contribution is -0.121. The summed E-state index contributed by atoms with van der Waals surface area (Å²) in [7, 11) is -3.50. The van der Waals surface area contributed by atoms with Crippen LogP contribution in [0.1, 0.15) is 30.1 Å². The van der Waals surface area contributed by atoms with Gasteiger partial charge in [0.15, 0.2) is 9.84 Å². The first-order valence-electron chi connectivity index (χ1n) is 9.35. The number of carbonyl (C=O) groups excluding carboxylic acids is 2. The highest BCUT2D eigenvalue weighted by Crippen LogP contribution is 2.24. The molecular weight excluding hydrogens is 458 g/mol. The molecule has 9 heteroatoms. The second-order valence-corrected chi connectivity index (χ2v) is 9.98. The first kappa shape index (κ1) is 21.4. The zero-order chi connectivity index (χ0) is 21.0. The standard InChI is InChI=1S/C20H22BrN3O4S/c1-2-29(27,28)17-6-4-3-5-16(17)20(26)24-11-9-14(10-12-24)19(25)23-18-8-7-15(21)13-22-18/h3-8,13-14H,2,9-12H2,1H3,(H,22,23,25). The Kier molecular flexibility index (Phi) is 6.69. The molecule has 29 heavy (non-hydrogen) atoms. The molecule has 2 amide bonds. The Morgan fingerprint density at radius 1 is 1.17 bits per heavy atom. The summed E-state index contributed by atoms with van der Waals surface area (Å²) in [5.74, 6) is -0.245. The second kappa shape index (κ2) is 9.04. The van der Waals surface area contributed by atoms with E-state index in [1.807, 2.05) is 0 Å². The van der Waals surface area contributed by atoms with Crippen molar-refractivity contribution < 1.29 is 18.0 Å². The maximum absolute atomic E-state index is 12.9. The van der Waals surface area contributed by atoms with E-state index in [4.69, 9.17) is 0 Å². The van der Waals surface area contributed by atoms with Crippen LogP contribution >= 0.6 is 15.9 Å². The molecule has 1 fully saturated rings. The van der Waals surface area contributed by atoms with Crippen LogP contribution in [0.3, 0.4) is 0 Å². The summed E-state index contributed by atoms with van der Waals surface area (Å²) in [4.78, 5) is 31.2. The van der Waals surface area contributed by atoms with E-state index < -0.39 is 9.84 Å². The average Bonchev–Trinajstić information content (AvgIpc) is 2.75.